The molecule has 7 heteroatoms. The first-order valence-corrected chi connectivity index (χ1v) is 9.96. The van der Waals surface area contributed by atoms with Gasteiger partial charge in [-0.1, -0.05) is 24.4 Å². The number of hydrogen-bond acceptors (Lipinski definition) is 4. The fourth-order valence-corrected chi connectivity index (χ4v) is 4.67. The second-order valence-corrected chi connectivity index (χ2v) is 7.96. The van der Waals surface area contributed by atoms with Crippen LogP contribution in [0.4, 0.5) is 5.69 Å². The van der Waals surface area contributed by atoms with Crippen LogP contribution in [-0.4, -0.2) is 43.1 Å². The Balaban J connectivity index is 1.75. The number of fused-ring (bicyclic) bond motifs is 1. The maximum atomic E-state index is 12.9. The van der Waals surface area contributed by atoms with Crippen LogP contribution >= 0.6 is 11.6 Å². The standard InChI is InChI=1S/C20H28ClN3O3/c1-12(25)22-16-11-18(27-3)14(10-15(16)21)20(26)23-19-9-8-13-6-4-5-7-17(13)24(19)2/h10-11,13,17,19H,4-9H2,1-3H3,(H,22,25)(H,23,26)/t13-,17+,19?/m1/s1. The number of halogens is 1. The van der Waals surface area contributed by atoms with Gasteiger partial charge in [-0.05, 0) is 44.7 Å². The van der Waals surface area contributed by atoms with Gasteiger partial charge in [0.2, 0.25) is 5.91 Å². The molecule has 1 aliphatic heterocycles. The van der Waals surface area contributed by atoms with Gasteiger partial charge in [0, 0.05) is 19.0 Å². The van der Waals surface area contributed by atoms with Gasteiger partial charge >= 0.3 is 0 Å². The molecule has 0 aromatic heterocycles. The first-order valence-electron chi connectivity index (χ1n) is 9.58. The van der Waals surface area contributed by atoms with Crippen molar-refractivity contribution in [1.29, 1.82) is 0 Å². The zero-order valence-corrected chi connectivity index (χ0v) is 16.9. The van der Waals surface area contributed by atoms with Crippen LogP contribution in [0.2, 0.25) is 5.02 Å². The second kappa shape index (κ2) is 8.48. The van der Waals surface area contributed by atoms with Crippen molar-refractivity contribution in [1.82, 2.24) is 10.2 Å². The van der Waals surface area contributed by atoms with E-state index in [0.29, 0.717) is 28.1 Å². The number of hydrogen-bond donors (Lipinski definition) is 2. The summed E-state index contributed by atoms with van der Waals surface area (Å²) in [6.07, 6.45) is 7.19. The zero-order chi connectivity index (χ0) is 19.6. The second-order valence-electron chi connectivity index (χ2n) is 7.56. The van der Waals surface area contributed by atoms with Crippen LogP contribution in [0, 0.1) is 5.92 Å². The molecule has 6 nitrogen and oxygen atoms in total. The van der Waals surface area contributed by atoms with Crippen molar-refractivity contribution >= 4 is 29.1 Å². The Hall–Kier alpha value is -1.79. The number of amides is 2. The van der Waals surface area contributed by atoms with Gasteiger partial charge in [0.15, 0.2) is 0 Å². The molecule has 2 N–H and O–H groups in total. The zero-order valence-electron chi connectivity index (χ0n) is 16.2. The molecule has 0 radical (unpaired) electrons. The first-order chi connectivity index (χ1) is 12.9. The lowest BCUT2D eigenvalue weighted by Crippen LogP contribution is -2.56. The van der Waals surface area contributed by atoms with Crippen LogP contribution in [0.25, 0.3) is 0 Å². The number of carbonyl (C=O) groups excluding carboxylic acids is 2. The number of benzene rings is 1. The van der Waals surface area contributed by atoms with Crippen LogP contribution < -0.4 is 15.4 Å². The molecule has 1 aromatic rings. The van der Waals surface area contributed by atoms with Crippen molar-refractivity contribution < 1.29 is 14.3 Å². The molecule has 1 aliphatic carbocycles. The summed E-state index contributed by atoms with van der Waals surface area (Å²) in [6.45, 7) is 1.40. The lowest BCUT2D eigenvalue weighted by molar-refractivity contribution is -0.114. The van der Waals surface area contributed by atoms with Crippen LogP contribution in [0.1, 0.15) is 55.8 Å². The predicted molar refractivity (Wildman–Crippen MR) is 106 cm³/mol. The predicted octanol–water partition coefficient (Wildman–Crippen LogP) is 3.65. The molecule has 148 valence electrons. The van der Waals surface area contributed by atoms with E-state index in [1.165, 1.54) is 39.7 Å². The van der Waals surface area contributed by atoms with Gasteiger partial charge in [0.25, 0.3) is 5.91 Å². The molecule has 2 fully saturated rings. The topological polar surface area (TPSA) is 70.7 Å². The summed E-state index contributed by atoms with van der Waals surface area (Å²) in [5.41, 5.74) is 0.799. The SMILES string of the molecule is COc1cc(NC(C)=O)c(Cl)cc1C(=O)NC1CC[C@H]2CCCC[C@@H]2N1C. The maximum Gasteiger partial charge on any atom is 0.256 e. The molecule has 1 unspecified atom stereocenters. The molecule has 3 rings (SSSR count). The molecule has 2 amide bonds. The third kappa shape index (κ3) is 4.38. The Morgan fingerprint density at radius 3 is 2.63 bits per heavy atom. The maximum absolute atomic E-state index is 12.9. The fraction of sp³-hybridized carbons (Fsp3) is 0.600. The van der Waals surface area contributed by atoms with Crippen molar-refractivity contribution in [3.05, 3.63) is 22.7 Å². The normalized spacial score (nSPS) is 25.4. The monoisotopic (exact) mass is 393 g/mol. The Kier molecular flexibility index (Phi) is 6.27. The van der Waals surface area contributed by atoms with Crippen LogP contribution in [0.5, 0.6) is 5.75 Å². The minimum Gasteiger partial charge on any atom is -0.496 e. The smallest absolute Gasteiger partial charge is 0.256 e. The van der Waals surface area contributed by atoms with Crippen LogP contribution in [0.3, 0.4) is 0 Å². The highest BCUT2D eigenvalue weighted by Crippen LogP contribution is 2.37. The van der Waals surface area contributed by atoms with E-state index >= 15 is 0 Å². The summed E-state index contributed by atoms with van der Waals surface area (Å²) in [5.74, 6) is 0.684. The molecule has 0 bridgehead atoms. The van der Waals surface area contributed by atoms with Gasteiger partial charge in [-0.25, -0.2) is 0 Å². The Bertz CT molecular complexity index is 725. The van der Waals surface area contributed by atoms with E-state index in [-0.39, 0.29) is 18.0 Å². The van der Waals surface area contributed by atoms with Crippen molar-refractivity contribution in [3.63, 3.8) is 0 Å². The third-order valence-corrected chi connectivity index (χ3v) is 6.15. The van der Waals surface area contributed by atoms with Gasteiger partial charge in [-0.3, -0.25) is 14.5 Å². The van der Waals surface area contributed by atoms with E-state index in [4.69, 9.17) is 16.3 Å². The summed E-state index contributed by atoms with van der Waals surface area (Å²) >= 11 is 6.25. The van der Waals surface area contributed by atoms with Crippen molar-refractivity contribution in [2.45, 2.75) is 57.7 Å². The largest absolute Gasteiger partial charge is 0.496 e. The number of nitrogens with zero attached hydrogens (tertiary/aromatic N) is 1. The van der Waals surface area contributed by atoms with Gasteiger partial charge in [0.1, 0.15) is 5.75 Å². The van der Waals surface area contributed by atoms with Crippen molar-refractivity contribution in [2.75, 3.05) is 19.5 Å². The summed E-state index contributed by atoms with van der Waals surface area (Å²) in [6, 6.07) is 3.68. The molecular weight excluding hydrogens is 366 g/mol. The average Bonchev–Trinajstić information content (AvgIpc) is 2.65. The number of piperidine rings is 1. The van der Waals surface area contributed by atoms with E-state index in [0.717, 1.165) is 18.8 Å². The first kappa shape index (κ1) is 20.0. The van der Waals surface area contributed by atoms with E-state index < -0.39 is 0 Å². The number of anilines is 1. The summed E-state index contributed by atoms with van der Waals surface area (Å²) in [7, 11) is 3.61. The van der Waals surface area contributed by atoms with Crippen LogP contribution in [0.15, 0.2) is 12.1 Å². The molecule has 0 spiro atoms. The molecule has 1 aromatic carbocycles. The number of carbonyl (C=O) groups is 2. The lowest BCUT2D eigenvalue weighted by atomic mass is 9.78. The Labute approximate surface area is 165 Å². The van der Waals surface area contributed by atoms with Gasteiger partial charge in [-0.2, -0.15) is 0 Å². The minimum atomic E-state index is -0.234. The highest BCUT2D eigenvalue weighted by molar-refractivity contribution is 6.34. The highest BCUT2D eigenvalue weighted by atomic mass is 35.5. The molecular formula is C20H28ClN3O3. The van der Waals surface area contributed by atoms with E-state index in [1.807, 2.05) is 0 Å². The summed E-state index contributed by atoms with van der Waals surface area (Å²) < 4.78 is 5.36. The van der Waals surface area contributed by atoms with Gasteiger partial charge in [-0.15, -0.1) is 0 Å². The van der Waals surface area contributed by atoms with Crippen LogP contribution in [-0.2, 0) is 4.79 Å². The quantitative estimate of drug-likeness (QED) is 0.819. The lowest BCUT2D eigenvalue weighted by Gasteiger charge is -2.46. The number of rotatable bonds is 4. The Morgan fingerprint density at radius 2 is 1.93 bits per heavy atom. The molecule has 1 heterocycles. The minimum absolute atomic E-state index is 0.00959. The number of ether oxygens (including phenoxy) is 1. The summed E-state index contributed by atoms with van der Waals surface area (Å²) in [4.78, 5) is 26.5. The highest BCUT2D eigenvalue weighted by Gasteiger charge is 2.37. The van der Waals surface area contributed by atoms with Gasteiger partial charge in [0.05, 0.1) is 29.5 Å². The summed E-state index contributed by atoms with van der Waals surface area (Å²) in [5, 5.41) is 6.09. The Morgan fingerprint density at radius 1 is 1.19 bits per heavy atom. The molecule has 1 saturated heterocycles. The number of likely N-dealkylation sites (tertiary alicyclic amines) is 1. The molecule has 2 aliphatic rings. The van der Waals surface area contributed by atoms with Gasteiger partial charge < -0.3 is 15.4 Å². The average molecular weight is 394 g/mol. The number of methoxy groups -OCH3 is 1. The third-order valence-electron chi connectivity index (χ3n) is 5.84. The van der Waals surface area contributed by atoms with E-state index in [2.05, 4.69) is 22.6 Å². The molecule has 27 heavy (non-hydrogen) atoms. The van der Waals surface area contributed by atoms with Crippen molar-refractivity contribution in [3.8, 4) is 5.75 Å². The molecule has 1 saturated carbocycles. The fourth-order valence-electron chi connectivity index (χ4n) is 4.46. The van der Waals surface area contributed by atoms with Crippen molar-refractivity contribution in [2.24, 2.45) is 5.92 Å². The van der Waals surface area contributed by atoms with E-state index in [9.17, 15) is 9.59 Å². The number of nitrogens with one attached hydrogen (secondary N) is 2. The van der Waals surface area contributed by atoms with E-state index in [1.54, 1.807) is 12.1 Å². The molecule has 3 atom stereocenters.